The Kier molecular flexibility index (Phi) is 3.03. The molecule has 0 saturated carbocycles. The van der Waals surface area contributed by atoms with E-state index in [0.717, 1.165) is 12.8 Å². The summed E-state index contributed by atoms with van der Waals surface area (Å²) in [4.78, 5) is 11.4. The highest BCUT2D eigenvalue weighted by Gasteiger charge is 2.38. The maximum Gasteiger partial charge on any atom is 0.358 e. The van der Waals surface area contributed by atoms with Gasteiger partial charge in [-0.2, -0.15) is 0 Å². The van der Waals surface area contributed by atoms with Crippen LogP contribution in [-0.4, -0.2) is 18.7 Å². The average molecular weight is 199 g/mol. The van der Waals surface area contributed by atoms with Crippen molar-refractivity contribution in [2.75, 3.05) is 7.11 Å². The summed E-state index contributed by atoms with van der Waals surface area (Å²) < 4.78 is 10.4. The van der Waals surface area contributed by atoms with Crippen LogP contribution in [0.1, 0.15) is 33.1 Å². The van der Waals surface area contributed by atoms with Crippen molar-refractivity contribution in [3.05, 3.63) is 11.5 Å². The van der Waals surface area contributed by atoms with Crippen LogP contribution in [0, 0.1) is 0 Å². The third-order valence-electron chi connectivity index (χ3n) is 2.85. The lowest BCUT2D eigenvalue weighted by molar-refractivity contribution is -0.160. The number of hydrogen-bond acceptors (Lipinski definition) is 4. The Hall–Kier alpha value is -1.19. The van der Waals surface area contributed by atoms with Crippen LogP contribution in [0.2, 0.25) is 0 Å². The van der Waals surface area contributed by atoms with Crippen LogP contribution >= 0.6 is 0 Å². The summed E-state index contributed by atoms with van der Waals surface area (Å²) in [7, 11) is 1.52. The lowest BCUT2D eigenvalue weighted by atomic mass is 9.89. The van der Waals surface area contributed by atoms with Gasteiger partial charge in [-0.1, -0.05) is 13.8 Å². The van der Waals surface area contributed by atoms with Gasteiger partial charge in [0, 0.05) is 6.42 Å². The van der Waals surface area contributed by atoms with Crippen LogP contribution in [-0.2, 0) is 14.3 Å². The Morgan fingerprint density at radius 3 is 2.50 bits per heavy atom. The zero-order chi connectivity index (χ0) is 10.8. The Morgan fingerprint density at radius 1 is 1.50 bits per heavy atom. The minimum Gasteiger partial charge on any atom is -0.499 e. The van der Waals surface area contributed by atoms with E-state index in [1.807, 2.05) is 13.8 Å². The number of ether oxygens (including phenoxy) is 2. The van der Waals surface area contributed by atoms with E-state index in [-0.39, 0.29) is 5.70 Å². The Balaban J connectivity index is 2.98. The molecular formula is C10H17NO3. The second-order valence-electron chi connectivity index (χ2n) is 3.50. The molecule has 0 aliphatic carbocycles. The molecule has 0 aromatic heterocycles. The van der Waals surface area contributed by atoms with E-state index >= 15 is 0 Å². The summed E-state index contributed by atoms with van der Waals surface area (Å²) in [5, 5.41) is 0. The van der Waals surface area contributed by atoms with Crippen LogP contribution in [0.15, 0.2) is 11.5 Å². The van der Waals surface area contributed by atoms with Crippen LogP contribution in [0.5, 0.6) is 0 Å². The maximum atomic E-state index is 11.4. The van der Waals surface area contributed by atoms with Gasteiger partial charge in [0.2, 0.25) is 0 Å². The predicted molar refractivity (Wildman–Crippen MR) is 52.2 cm³/mol. The highest BCUT2D eigenvalue weighted by atomic mass is 16.6. The molecule has 0 amide bonds. The quantitative estimate of drug-likeness (QED) is 0.696. The molecule has 2 N–H and O–H groups in total. The summed E-state index contributed by atoms with van der Waals surface area (Å²) in [6, 6.07) is 0. The zero-order valence-electron chi connectivity index (χ0n) is 8.92. The molecule has 0 radical (unpaired) electrons. The van der Waals surface area contributed by atoms with Crippen molar-refractivity contribution in [2.45, 2.75) is 38.7 Å². The summed E-state index contributed by atoms with van der Waals surface area (Å²) in [6.07, 6.45) is 2.12. The standard InChI is InChI=1S/C10H17NO3/c1-4-10(5-2)6-7(13-3)8(11)9(12)14-10/h4-6,11H2,1-3H3. The maximum absolute atomic E-state index is 11.4. The van der Waals surface area contributed by atoms with Crippen LogP contribution in [0.4, 0.5) is 0 Å². The fraction of sp³-hybridized carbons (Fsp3) is 0.700. The average Bonchev–Trinajstić information content (AvgIpc) is 2.22. The predicted octanol–water partition coefficient (Wildman–Crippen LogP) is 1.31. The van der Waals surface area contributed by atoms with Crippen molar-refractivity contribution in [3.63, 3.8) is 0 Å². The molecule has 0 spiro atoms. The van der Waals surface area contributed by atoms with Crippen molar-refractivity contribution in [2.24, 2.45) is 5.73 Å². The van der Waals surface area contributed by atoms with Gasteiger partial charge in [-0.15, -0.1) is 0 Å². The number of rotatable bonds is 3. The Labute approximate surface area is 84.1 Å². The Morgan fingerprint density at radius 2 is 2.07 bits per heavy atom. The highest BCUT2D eigenvalue weighted by Crippen LogP contribution is 2.33. The normalized spacial score (nSPS) is 20.6. The molecule has 4 nitrogen and oxygen atoms in total. The number of carbonyl (C=O) groups excluding carboxylic acids is 1. The first-order valence-corrected chi connectivity index (χ1v) is 4.84. The molecule has 0 saturated heterocycles. The van der Waals surface area contributed by atoms with Crippen molar-refractivity contribution in [3.8, 4) is 0 Å². The number of nitrogens with two attached hydrogens (primary N) is 1. The SMILES string of the molecule is CCC1(CC)CC(OC)=C(N)C(=O)O1. The monoisotopic (exact) mass is 199 g/mol. The van der Waals surface area contributed by atoms with E-state index in [1.165, 1.54) is 7.11 Å². The van der Waals surface area contributed by atoms with E-state index < -0.39 is 11.6 Å². The summed E-state index contributed by atoms with van der Waals surface area (Å²) in [6.45, 7) is 3.98. The summed E-state index contributed by atoms with van der Waals surface area (Å²) >= 11 is 0. The van der Waals surface area contributed by atoms with E-state index in [9.17, 15) is 4.79 Å². The number of esters is 1. The van der Waals surface area contributed by atoms with Gasteiger partial charge in [-0.05, 0) is 12.8 Å². The number of hydrogen-bond donors (Lipinski definition) is 1. The molecule has 1 rings (SSSR count). The van der Waals surface area contributed by atoms with Gasteiger partial charge in [0.1, 0.15) is 11.4 Å². The lowest BCUT2D eigenvalue weighted by Crippen LogP contribution is -2.41. The minimum absolute atomic E-state index is 0.102. The molecule has 0 bridgehead atoms. The molecular weight excluding hydrogens is 182 g/mol. The molecule has 1 aliphatic rings. The summed E-state index contributed by atoms with van der Waals surface area (Å²) in [5.74, 6) is 0.0850. The molecule has 0 aromatic carbocycles. The van der Waals surface area contributed by atoms with Crippen LogP contribution in [0.3, 0.4) is 0 Å². The summed E-state index contributed by atoms with van der Waals surface area (Å²) in [5.41, 5.74) is 5.22. The van der Waals surface area contributed by atoms with Crippen molar-refractivity contribution in [1.82, 2.24) is 0 Å². The molecule has 0 aromatic rings. The van der Waals surface area contributed by atoms with E-state index in [0.29, 0.717) is 12.2 Å². The molecule has 0 atom stereocenters. The van der Waals surface area contributed by atoms with Gasteiger partial charge in [0.25, 0.3) is 0 Å². The van der Waals surface area contributed by atoms with Gasteiger partial charge in [0.15, 0.2) is 5.70 Å². The van der Waals surface area contributed by atoms with E-state index in [2.05, 4.69) is 0 Å². The fourth-order valence-electron chi connectivity index (χ4n) is 1.62. The highest BCUT2D eigenvalue weighted by molar-refractivity contribution is 5.89. The second-order valence-corrected chi connectivity index (χ2v) is 3.50. The molecule has 4 heteroatoms. The number of methoxy groups -OCH3 is 1. The second kappa shape index (κ2) is 3.90. The molecule has 1 aliphatic heterocycles. The molecule has 14 heavy (non-hydrogen) atoms. The topological polar surface area (TPSA) is 61.5 Å². The zero-order valence-corrected chi connectivity index (χ0v) is 8.92. The number of carbonyl (C=O) groups is 1. The largest absolute Gasteiger partial charge is 0.499 e. The Bertz CT molecular complexity index is 267. The molecule has 0 unspecified atom stereocenters. The smallest absolute Gasteiger partial charge is 0.358 e. The van der Waals surface area contributed by atoms with Gasteiger partial charge in [-0.25, -0.2) is 4.79 Å². The van der Waals surface area contributed by atoms with E-state index in [1.54, 1.807) is 0 Å². The van der Waals surface area contributed by atoms with Crippen LogP contribution < -0.4 is 5.73 Å². The van der Waals surface area contributed by atoms with Crippen LogP contribution in [0.25, 0.3) is 0 Å². The van der Waals surface area contributed by atoms with Gasteiger partial charge >= 0.3 is 5.97 Å². The third-order valence-corrected chi connectivity index (χ3v) is 2.85. The van der Waals surface area contributed by atoms with Crippen molar-refractivity contribution < 1.29 is 14.3 Å². The minimum atomic E-state index is -0.461. The first-order valence-electron chi connectivity index (χ1n) is 4.84. The van der Waals surface area contributed by atoms with Gasteiger partial charge in [-0.3, -0.25) is 0 Å². The van der Waals surface area contributed by atoms with Gasteiger partial charge in [0.05, 0.1) is 7.11 Å². The number of cyclic esters (lactones) is 1. The first-order chi connectivity index (χ1) is 6.58. The molecule has 80 valence electrons. The third kappa shape index (κ3) is 1.69. The first kappa shape index (κ1) is 10.9. The molecule has 1 heterocycles. The van der Waals surface area contributed by atoms with Crippen molar-refractivity contribution in [1.29, 1.82) is 0 Å². The van der Waals surface area contributed by atoms with Gasteiger partial charge < -0.3 is 15.2 Å². The van der Waals surface area contributed by atoms with Crippen molar-refractivity contribution >= 4 is 5.97 Å². The fourth-order valence-corrected chi connectivity index (χ4v) is 1.62. The lowest BCUT2D eigenvalue weighted by Gasteiger charge is -2.35. The van der Waals surface area contributed by atoms with E-state index in [4.69, 9.17) is 15.2 Å². The molecule has 0 fully saturated rings.